The Morgan fingerprint density at radius 1 is 1.26 bits per heavy atom. The Kier molecular flexibility index (Phi) is 6.53. The molecule has 1 aliphatic heterocycles. The van der Waals surface area contributed by atoms with Gasteiger partial charge in [0, 0.05) is 37.1 Å². The predicted octanol–water partition coefficient (Wildman–Crippen LogP) is 2.47. The number of carbonyl (C=O) groups is 2. The lowest BCUT2D eigenvalue weighted by Gasteiger charge is -2.21. The lowest BCUT2D eigenvalue weighted by atomic mass is 10.3. The average Bonchev–Trinajstić information content (AvgIpc) is 2.75. The monoisotopic (exact) mass is 385 g/mol. The van der Waals surface area contributed by atoms with Crippen molar-refractivity contribution in [2.45, 2.75) is 19.8 Å². The summed E-state index contributed by atoms with van der Waals surface area (Å²) >= 11 is 3.18. The zero-order chi connectivity index (χ0) is 16.8. The van der Waals surface area contributed by atoms with Crippen molar-refractivity contribution in [3.63, 3.8) is 0 Å². The second kappa shape index (κ2) is 8.40. The second-order valence-corrected chi connectivity index (χ2v) is 6.45. The molecule has 1 aromatic carbocycles. The van der Waals surface area contributed by atoms with Crippen molar-refractivity contribution in [3.8, 4) is 0 Å². The smallest absolute Gasteiger partial charge is 0.238 e. The molecule has 0 saturated carbocycles. The van der Waals surface area contributed by atoms with Crippen LogP contribution in [0.3, 0.4) is 0 Å². The second-order valence-electron chi connectivity index (χ2n) is 5.54. The Morgan fingerprint density at radius 2 is 2.04 bits per heavy atom. The molecule has 126 valence electrons. The summed E-state index contributed by atoms with van der Waals surface area (Å²) in [6.45, 7) is 4.82. The molecular weight excluding hydrogens is 365 g/mol. The fraction of sp³-hybridized carbons (Fsp3) is 0.500. The number of hydrogen-bond donors (Lipinski definition) is 1. The molecule has 0 unspecified atom stereocenters. The van der Waals surface area contributed by atoms with Gasteiger partial charge in [0.1, 0.15) is 5.82 Å². The third kappa shape index (κ3) is 5.28. The van der Waals surface area contributed by atoms with Crippen LogP contribution in [0.4, 0.5) is 10.1 Å². The minimum Gasteiger partial charge on any atom is -0.341 e. The summed E-state index contributed by atoms with van der Waals surface area (Å²) < 4.78 is 14.4. The summed E-state index contributed by atoms with van der Waals surface area (Å²) in [6.07, 6.45) is 1.34. The van der Waals surface area contributed by atoms with Gasteiger partial charge in [-0.05, 0) is 24.6 Å². The van der Waals surface area contributed by atoms with E-state index in [0.29, 0.717) is 24.0 Å². The highest BCUT2D eigenvalue weighted by atomic mass is 79.9. The van der Waals surface area contributed by atoms with E-state index in [0.717, 1.165) is 19.5 Å². The topological polar surface area (TPSA) is 52.7 Å². The van der Waals surface area contributed by atoms with Crippen LogP contribution in [0.25, 0.3) is 0 Å². The molecule has 0 atom stereocenters. The lowest BCUT2D eigenvalue weighted by Crippen LogP contribution is -2.37. The fourth-order valence-corrected chi connectivity index (χ4v) is 2.92. The van der Waals surface area contributed by atoms with Crippen molar-refractivity contribution < 1.29 is 14.0 Å². The Labute approximate surface area is 144 Å². The van der Waals surface area contributed by atoms with Gasteiger partial charge in [0.25, 0.3) is 0 Å². The van der Waals surface area contributed by atoms with E-state index in [1.54, 1.807) is 6.07 Å². The Hall–Kier alpha value is -1.47. The normalized spacial score (nSPS) is 16.0. The highest BCUT2D eigenvalue weighted by molar-refractivity contribution is 9.10. The molecule has 1 fully saturated rings. The number of hydrogen-bond acceptors (Lipinski definition) is 3. The molecule has 0 bridgehead atoms. The van der Waals surface area contributed by atoms with Crippen LogP contribution in [0.15, 0.2) is 22.7 Å². The van der Waals surface area contributed by atoms with Gasteiger partial charge in [0.05, 0.1) is 12.2 Å². The van der Waals surface area contributed by atoms with Crippen LogP contribution < -0.4 is 5.32 Å². The van der Waals surface area contributed by atoms with E-state index < -0.39 is 5.82 Å². The van der Waals surface area contributed by atoms with E-state index >= 15 is 0 Å². The first-order valence-electron chi connectivity index (χ1n) is 7.74. The highest BCUT2D eigenvalue weighted by Gasteiger charge is 2.19. The van der Waals surface area contributed by atoms with Crippen molar-refractivity contribution >= 4 is 33.4 Å². The van der Waals surface area contributed by atoms with E-state index in [-0.39, 0.29) is 24.0 Å². The van der Waals surface area contributed by atoms with Crippen LogP contribution >= 0.6 is 15.9 Å². The first-order valence-corrected chi connectivity index (χ1v) is 8.54. The Balaban J connectivity index is 1.86. The van der Waals surface area contributed by atoms with Crippen LogP contribution in [0, 0.1) is 5.82 Å². The van der Waals surface area contributed by atoms with Crippen molar-refractivity contribution in [1.82, 2.24) is 9.80 Å². The maximum absolute atomic E-state index is 13.7. The minimum absolute atomic E-state index is 0.147. The molecule has 1 saturated heterocycles. The van der Waals surface area contributed by atoms with Crippen molar-refractivity contribution in [1.29, 1.82) is 0 Å². The van der Waals surface area contributed by atoms with Gasteiger partial charge in [-0.15, -0.1) is 0 Å². The molecule has 1 heterocycles. The first-order chi connectivity index (χ1) is 11.0. The van der Waals surface area contributed by atoms with E-state index in [2.05, 4.69) is 21.2 Å². The van der Waals surface area contributed by atoms with Crippen molar-refractivity contribution in [2.24, 2.45) is 0 Å². The fourth-order valence-electron chi connectivity index (χ4n) is 2.59. The number of carbonyl (C=O) groups excluding carboxylic acids is 2. The molecule has 5 nitrogen and oxygen atoms in total. The molecule has 0 aliphatic carbocycles. The van der Waals surface area contributed by atoms with Crippen molar-refractivity contribution in [3.05, 3.63) is 28.5 Å². The van der Waals surface area contributed by atoms with Gasteiger partial charge in [0.2, 0.25) is 11.8 Å². The number of rotatable bonds is 4. The summed E-state index contributed by atoms with van der Waals surface area (Å²) in [5, 5.41) is 2.59. The number of halogens is 2. The number of amides is 2. The SMILES string of the molecule is CCC(=O)N1CCCN(CC(=O)Nc2ccc(Br)cc2F)CC1. The first kappa shape index (κ1) is 17.9. The quantitative estimate of drug-likeness (QED) is 0.865. The number of anilines is 1. The Bertz CT molecular complexity index is 582. The summed E-state index contributed by atoms with van der Waals surface area (Å²) in [5.41, 5.74) is 0.177. The van der Waals surface area contributed by atoms with Gasteiger partial charge in [0.15, 0.2) is 0 Å². The molecule has 0 spiro atoms. The van der Waals surface area contributed by atoms with Gasteiger partial charge in [-0.3, -0.25) is 14.5 Å². The van der Waals surface area contributed by atoms with Crippen LogP contribution in [0.5, 0.6) is 0 Å². The molecule has 23 heavy (non-hydrogen) atoms. The molecule has 7 heteroatoms. The molecule has 0 radical (unpaired) electrons. The van der Waals surface area contributed by atoms with Crippen LogP contribution in [-0.4, -0.2) is 54.3 Å². The summed E-state index contributed by atoms with van der Waals surface area (Å²) in [6, 6.07) is 4.52. The molecule has 1 N–H and O–H groups in total. The van der Waals surface area contributed by atoms with Gasteiger partial charge < -0.3 is 10.2 Å². The number of nitrogens with one attached hydrogen (secondary N) is 1. The maximum Gasteiger partial charge on any atom is 0.238 e. The average molecular weight is 386 g/mol. The van der Waals surface area contributed by atoms with Gasteiger partial charge >= 0.3 is 0 Å². The summed E-state index contributed by atoms with van der Waals surface area (Å²) in [4.78, 5) is 27.7. The van der Waals surface area contributed by atoms with Gasteiger partial charge in [-0.1, -0.05) is 22.9 Å². The lowest BCUT2D eigenvalue weighted by molar-refractivity contribution is -0.130. The van der Waals surface area contributed by atoms with Crippen LogP contribution in [0.1, 0.15) is 19.8 Å². The van der Waals surface area contributed by atoms with Crippen molar-refractivity contribution in [2.75, 3.05) is 38.0 Å². The van der Waals surface area contributed by atoms with Gasteiger partial charge in [-0.2, -0.15) is 0 Å². The van der Waals surface area contributed by atoms with Crippen LogP contribution in [-0.2, 0) is 9.59 Å². The molecule has 2 rings (SSSR count). The van der Waals surface area contributed by atoms with E-state index in [1.165, 1.54) is 12.1 Å². The molecule has 1 aliphatic rings. The molecular formula is C16H21BrFN3O2. The molecule has 2 amide bonds. The van der Waals surface area contributed by atoms with E-state index in [9.17, 15) is 14.0 Å². The predicted molar refractivity (Wildman–Crippen MR) is 90.7 cm³/mol. The summed E-state index contributed by atoms with van der Waals surface area (Å²) in [7, 11) is 0. The highest BCUT2D eigenvalue weighted by Crippen LogP contribution is 2.19. The molecule has 0 aromatic heterocycles. The van der Waals surface area contributed by atoms with E-state index in [4.69, 9.17) is 0 Å². The third-order valence-corrected chi connectivity index (χ3v) is 4.31. The molecule has 1 aromatic rings. The number of nitrogens with zero attached hydrogens (tertiary/aromatic N) is 2. The standard InChI is InChI=1S/C16H21BrFN3O2/c1-2-16(23)21-7-3-6-20(8-9-21)11-15(22)19-14-5-4-12(17)10-13(14)18/h4-5,10H,2-3,6-9,11H2,1H3,(H,19,22). The summed E-state index contributed by atoms with van der Waals surface area (Å²) in [5.74, 6) is -0.571. The Morgan fingerprint density at radius 3 is 2.74 bits per heavy atom. The third-order valence-electron chi connectivity index (χ3n) is 3.82. The number of benzene rings is 1. The minimum atomic E-state index is -0.469. The van der Waals surface area contributed by atoms with Gasteiger partial charge in [-0.25, -0.2) is 4.39 Å². The largest absolute Gasteiger partial charge is 0.341 e. The maximum atomic E-state index is 13.7. The zero-order valence-electron chi connectivity index (χ0n) is 13.1. The van der Waals surface area contributed by atoms with Crippen LogP contribution in [0.2, 0.25) is 0 Å². The zero-order valence-corrected chi connectivity index (χ0v) is 14.7. The van der Waals surface area contributed by atoms with E-state index in [1.807, 2.05) is 16.7 Å².